The van der Waals surface area contributed by atoms with Crippen molar-refractivity contribution in [3.8, 4) is 28.5 Å². The van der Waals surface area contributed by atoms with E-state index in [1.165, 1.54) is 25.6 Å². The average Bonchev–Trinajstić information content (AvgIpc) is 3.12. The zero-order valence-electron chi connectivity index (χ0n) is 16.6. The Morgan fingerprint density at radius 2 is 1.90 bits per heavy atom. The molecule has 3 aromatic rings. The summed E-state index contributed by atoms with van der Waals surface area (Å²) in [5.74, 6) is 1.14. The number of amides is 2. The number of anilines is 2. The van der Waals surface area contributed by atoms with Crippen LogP contribution in [0.25, 0.3) is 11.3 Å². The van der Waals surface area contributed by atoms with Gasteiger partial charge in [-0.25, -0.2) is 4.98 Å². The van der Waals surface area contributed by atoms with Gasteiger partial charge < -0.3 is 19.5 Å². The van der Waals surface area contributed by atoms with Crippen LogP contribution in [0.4, 0.5) is 10.8 Å². The average molecular weight is 425 g/mol. The quantitative estimate of drug-likeness (QED) is 0.647. The van der Waals surface area contributed by atoms with E-state index in [1.807, 2.05) is 19.1 Å². The molecule has 2 aromatic carbocycles. The molecule has 154 valence electrons. The number of nitrogens with one attached hydrogen (secondary N) is 2. The largest absolute Gasteiger partial charge is 0.497 e. The van der Waals surface area contributed by atoms with Crippen molar-refractivity contribution in [1.82, 2.24) is 4.98 Å². The summed E-state index contributed by atoms with van der Waals surface area (Å²) in [6, 6.07) is 10.4. The Morgan fingerprint density at radius 3 is 2.60 bits per heavy atom. The molecule has 1 aliphatic heterocycles. The lowest BCUT2D eigenvalue weighted by Gasteiger charge is -2.18. The van der Waals surface area contributed by atoms with Crippen LogP contribution in [0.15, 0.2) is 36.4 Å². The highest BCUT2D eigenvalue weighted by Crippen LogP contribution is 2.36. The van der Waals surface area contributed by atoms with E-state index in [0.717, 1.165) is 16.1 Å². The predicted molar refractivity (Wildman–Crippen MR) is 114 cm³/mol. The predicted octanol–water partition coefficient (Wildman–Crippen LogP) is 3.72. The van der Waals surface area contributed by atoms with Crippen LogP contribution in [-0.2, 0) is 4.79 Å². The van der Waals surface area contributed by atoms with Gasteiger partial charge >= 0.3 is 0 Å². The molecule has 8 nitrogen and oxygen atoms in total. The van der Waals surface area contributed by atoms with E-state index in [2.05, 4.69) is 15.6 Å². The van der Waals surface area contributed by atoms with Gasteiger partial charge in [0.2, 0.25) is 0 Å². The van der Waals surface area contributed by atoms with Gasteiger partial charge in [-0.05, 0) is 37.3 Å². The summed E-state index contributed by atoms with van der Waals surface area (Å²) in [7, 11) is 3.05. The zero-order valence-corrected chi connectivity index (χ0v) is 17.4. The Kier molecular flexibility index (Phi) is 5.28. The molecule has 30 heavy (non-hydrogen) atoms. The van der Waals surface area contributed by atoms with Gasteiger partial charge in [-0.2, -0.15) is 0 Å². The Balaban J connectivity index is 1.58. The van der Waals surface area contributed by atoms with Crippen molar-refractivity contribution in [2.24, 2.45) is 0 Å². The van der Waals surface area contributed by atoms with Crippen LogP contribution in [0, 0.1) is 6.92 Å². The summed E-state index contributed by atoms with van der Waals surface area (Å²) >= 11 is 1.37. The van der Waals surface area contributed by atoms with E-state index >= 15 is 0 Å². The number of rotatable bonds is 5. The van der Waals surface area contributed by atoms with Gasteiger partial charge in [0, 0.05) is 22.1 Å². The van der Waals surface area contributed by atoms with Crippen molar-refractivity contribution >= 4 is 34.0 Å². The highest BCUT2D eigenvalue weighted by molar-refractivity contribution is 7.16. The third-order valence-electron chi connectivity index (χ3n) is 4.52. The van der Waals surface area contributed by atoms with Crippen LogP contribution in [-0.4, -0.2) is 37.6 Å². The van der Waals surface area contributed by atoms with Crippen molar-refractivity contribution in [1.29, 1.82) is 0 Å². The van der Waals surface area contributed by atoms with Crippen molar-refractivity contribution in [3.63, 3.8) is 0 Å². The lowest BCUT2D eigenvalue weighted by Crippen LogP contribution is -2.25. The molecular formula is C21H19N3O5S. The number of nitrogens with zero attached hydrogens (tertiary/aromatic N) is 1. The number of aryl methyl sites for hydroxylation is 1. The molecule has 0 radical (unpaired) electrons. The van der Waals surface area contributed by atoms with Crippen molar-refractivity contribution in [3.05, 3.63) is 46.8 Å². The number of fused-ring (bicyclic) bond motifs is 1. The molecule has 0 bridgehead atoms. The Labute approximate surface area is 176 Å². The maximum Gasteiger partial charge on any atom is 0.262 e. The maximum absolute atomic E-state index is 12.7. The highest BCUT2D eigenvalue weighted by Gasteiger charge is 2.19. The summed E-state index contributed by atoms with van der Waals surface area (Å²) in [4.78, 5) is 29.8. The summed E-state index contributed by atoms with van der Waals surface area (Å²) in [6.07, 6.45) is 0. The molecule has 0 saturated carbocycles. The molecule has 2 amide bonds. The monoisotopic (exact) mass is 425 g/mol. The Hall–Kier alpha value is -3.59. The summed E-state index contributed by atoms with van der Waals surface area (Å²) in [6.45, 7) is 1.93. The number of thiazole rings is 1. The topological polar surface area (TPSA) is 98.8 Å². The minimum atomic E-state index is -0.321. The third-order valence-corrected chi connectivity index (χ3v) is 5.40. The van der Waals surface area contributed by atoms with Crippen molar-refractivity contribution in [2.45, 2.75) is 6.92 Å². The summed E-state index contributed by atoms with van der Waals surface area (Å²) in [5, 5.41) is 6.08. The third kappa shape index (κ3) is 3.92. The van der Waals surface area contributed by atoms with Crippen LogP contribution >= 0.6 is 11.3 Å². The molecule has 4 rings (SSSR count). The second-order valence-corrected chi connectivity index (χ2v) is 7.73. The van der Waals surface area contributed by atoms with Gasteiger partial charge in [0.15, 0.2) is 11.7 Å². The van der Waals surface area contributed by atoms with E-state index in [1.54, 1.807) is 24.3 Å². The second kappa shape index (κ2) is 8.03. The van der Waals surface area contributed by atoms with E-state index in [0.29, 0.717) is 33.6 Å². The van der Waals surface area contributed by atoms with Crippen LogP contribution in [0.5, 0.6) is 17.2 Å². The molecule has 2 heterocycles. The maximum atomic E-state index is 12.7. The number of ether oxygens (including phenoxy) is 3. The minimum Gasteiger partial charge on any atom is -0.497 e. The minimum absolute atomic E-state index is 0.00725. The van der Waals surface area contributed by atoms with Gasteiger partial charge in [-0.3, -0.25) is 14.9 Å². The first-order valence-corrected chi connectivity index (χ1v) is 9.87. The van der Waals surface area contributed by atoms with Gasteiger partial charge in [0.1, 0.15) is 17.2 Å². The first kappa shape index (κ1) is 19.7. The number of carbonyl (C=O) groups is 2. The second-order valence-electron chi connectivity index (χ2n) is 6.53. The normalized spacial score (nSPS) is 12.4. The fourth-order valence-corrected chi connectivity index (χ4v) is 3.89. The number of hydrogen-bond donors (Lipinski definition) is 2. The molecule has 0 saturated heterocycles. The van der Waals surface area contributed by atoms with Gasteiger partial charge in [0.05, 0.1) is 25.6 Å². The summed E-state index contributed by atoms with van der Waals surface area (Å²) in [5.41, 5.74) is 2.54. The first-order chi connectivity index (χ1) is 14.5. The molecule has 0 fully saturated rings. The zero-order chi connectivity index (χ0) is 21.3. The molecule has 1 aliphatic rings. The van der Waals surface area contributed by atoms with Crippen LogP contribution < -0.4 is 24.8 Å². The number of methoxy groups -OCH3 is 2. The SMILES string of the molecule is COc1cc(OC)cc(C(=O)Nc2nc(-c3ccc4c(c3)NC(=O)CO4)c(C)s2)c1. The molecule has 9 heteroatoms. The number of hydrogen-bond acceptors (Lipinski definition) is 7. The molecule has 0 atom stereocenters. The summed E-state index contributed by atoms with van der Waals surface area (Å²) < 4.78 is 15.8. The molecule has 1 aromatic heterocycles. The first-order valence-electron chi connectivity index (χ1n) is 9.05. The fourth-order valence-electron chi connectivity index (χ4n) is 3.06. The number of benzene rings is 2. The van der Waals surface area contributed by atoms with E-state index in [9.17, 15) is 9.59 Å². The molecule has 2 N–H and O–H groups in total. The van der Waals surface area contributed by atoms with Gasteiger partial charge in [-0.15, -0.1) is 11.3 Å². The molecule has 0 spiro atoms. The number of carbonyl (C=O) groups excluding carboxylic acids is 2. The lowest BCUT2D eigenvalue weighted by atomic mass is 10.1. The molecular weight excluding hydrogens is 406 g/mol. The van der Waals surface area contributed by atoms with Crippen LogP contribution in [0.2, 0.25) is 0 Å². The fraction of sp³-hybridized carbons (Fsp3) is 0.190. The lowest BCUT2D eigenvalue weighted by molar-refractivity contribution is -0.118. The smallest absolute Gasteiger partial charge is 0.262 e. The van der Waals surface area contributed by atoms with E-state index in [-0.39, 0.29) is 18.4 Å². The van der Waals surface area contributed by atoms with Gasteiger partial charge in [-0.1, -0.05) is 0 Å². The van der Waals surface area contributed by atoms with Gasteiger partial charge in [0.25, 0.3) is 11.8 Å². The van der Waals surface area contributed by atoms with E-state index in [4.69, 9.17) is 14.2 Å². The van der Waals surface area contributed by atoms with E-state index < -0.39 is 0 Å². The standard InChI is InChI=1S/C21H19N3O5S/c1-11-19(12-4-5-17-16(8-12)22-18(25)10-29-17)23-21(30-11)24-20(26)13-6-14(27-2)9-15(7-13)28-3/h4-9H,10H2,1-3H3,(H,22,25)(H,23,24,26). The van der Waals surface area contributed by atoms with Crippen molar-refractivity contribution < 1.29 is 23.8 Å². The Morgan fingerprint density at radius 1 is 1.17 bits per heavy atom. The van der Waals surface area contributed by atoms with Crippen LogP contribution in [0.3, 0.4) is 0 Å². The highest BCUT2D eigenvalue weighted by atomic mass is 32.1. The number of aromatic nitrogens is 1. The van der Waals surface area contributed by atoms with Crippen molar-refractivity contribution in [2.75, 3.05) is 31.5 Å². The molecule has 0 aliphatic carbocycles. The molecule has 0 unspecified atom stereocenters. The Bertz CT molecular complexity index is 1120. The van der Waals surface area contributed by atoms with Crippen LogP contribution in [0.1, 0.15) is 15.2 Å².